The van der Waals surface area contributed by atoms with Gasteiger partial charge in [-0.3, -0.25) is 9.48 Å². The molecule has 0 aliphatic rings. The number of ether oxygens (including phenoxy) is 1. The van der Waals surface area contributed by atoms with Crippen LogP contribution in [0.25, 0.3) is 28.5 Å². The minimum Gasteiger partial charge on any atom is -0.421 e. The maximum absolute atomic E-state index is 15.1. The van der Waals surface area contributed by atoms with Gasteiger partial charge in [0.15, 0.2) is 11.6 Å². The average molecular weight is 523 g/mol. The van der Waals surface area contributed by atoms with E-state index < -0.39 is 11.7 Å². The number of hydrogen-bond donors (Lipinski definition) is 2. The Morgan fingerprint density at radius 2 is 1.85 bits per heavy atom. The normalized spacial score (nSPS) is 11.1. The fourth-order valence-electron chi connectivity index (χ4n) is 3.74. The largest absolute Gasteiger partial charge is 0.421 e. The Morgan fingerprint density at radius 3 is 2.54 bits per heavy atom. The van der Waals surface area contributed by atoms with E-state index in [0.717, 1.165) is 11.1 Å². The summed E-state index contributed by atoms with van der Waals surface area (Å²) in [5.74, 6) is -0.788. The van der Waals surface area contributed by atoms with Crippen LogP contribution in [0.2, 0.25) is 0 Å². The third kappa shape index (κ3) is 6.10. The highest BCUT2D eigenvalue weighted by Gasteiger charge is 2.16. The van der Waals surface area contributed by atoms with E-state index >= 15 is 4.39 Å². The summed E-state index contributed by atoms with van der Waals surface area (Å²) in [5, 5.41) is 7.28. The molecule has 0 fully saturated rings. The average Bonchev–Trinajstić information content (AvgIpc) is 3.33. The van der Waals surface area contributed by atoms with E-state index in [1.807, 2.05) is 31.3 Å². The van der Waals surface area contributed by atoms with Gasteiger partial charge in [-0.15, -0.1) is 0 Å². The number of rotatable bonds is 8. The van der Waals surface area contributed by atoms with E-state index in [0.29, 0.717) is 34.2 Å². The molecule has 5 aromatic rings. The highest BCUT2D eigenvalue weighted by molar-refractivity contribution is 5.90. The van der Waals surface area contributed by atoms with Crippen molar-refractivity contribution in [3.05, 3.63) is 96.5 Å². The molecule has 0 aliphatic heterocycles. The monoisotopic (exact) mass is 522 g/mol. The van der Waals surface area contributed by atoms with Crippen LogP contribution in [0.1, 0.15) is 11.3 Å². The summed E-state index contributed by atoms with van der Waals surface area (Å²) in [7, 11) is 1.81. The molecule has 3 heterocycles. The van der Waals surface area contributed by atoms with Crippen LogP contribution in [0.4, 0.5) is 16.0 Å². The third-order valence-electron chi connectivity index (χ3n) is 5.59. The molecule has 1 amide bonds. The molecule has 0 spiro atoms. The van der Waals surface area contributed by atoms with Crippen molar-refractivity contribution in [2.45, 2.75) is 6.92 Å². The second-order valence-electron chi connectivity index (χ2n) is 8.57. The van der Waals surface area contributed by atoms with Gasteiger partial charge in [0.1, 0.15) is 0 Å². The van der Waals surface area contributed by atoms with E-state index in [2.05, 4.69) is 25.4 Å². The fraction of sp³-hybridized carbons (Fsp3) is 0.0714. The SMILES string of the molecule is Cc1ccnc(Oc2ccc(-c3cnc(Nc4cnn(C)c4)nc3-c3ccc(C=CC(N)=O)cc3)cc2F)n1. The number of benzene rings is 2. The van der Waals surface area contributed by atoms with Gasteiger partial charge in [0.2, 0.25) is 11.9 Å². The standard InChI is InChI=1S/C28H23FN8O2/c1-17-11-12-31-28(34-17)39-24-9-8-20(13-23(24)29)22-15-32-27(35-21-14-33-37(2)16-21)36-26(22)19-6-3-18(4-7-19)5-10-25(30)38/h3-16H,1-2H3,(H2,30,38)(H,32,35,36). The van der Waals surface area contributed by atoms with Crippen molar-refractivity contribution in [2.24, 2.45) is 12.8 Å². The minimum atomic E-state index is -0.590. The lowest BCUT2D eigenvalue weighted by Gasteiger charge is -2.13. The van der Waals surface area contributed by atoms with Crippen molar-refractivity contribution in [3.63, 3.8) is 0 Å². The molecule has 0 atom stereocenters. The van der Waals surface area contributed by atoms with Crippen LogP contribution in [0.3, 0.4) is 0 Å². The molecule has 3 N–H and O–H groups in total. The Morgan fingerprint density at radius 1 is 1.05 bits per heavy atom. The van der Waals surface area contributed by atoms with Crippen LogP contribution in [0, 0.1) is 12.7 Å². The van der Waals surface area contributed by atoms with Crippen molar-refractivity contribution in [3.8, 4) is 34.1 Å². The molecule has 39 heavy (non-hydrogen) atoms. The number of halogens is 1. The topological polar surface area (TPSA) is 134 Å². The molecule has 0 saturated carbocycles. The van der Waals surface area contributed by atoms with Crippen LogP contribution in [-0.2, 0) is 11.8 Å². The summed E-state index contributed by atoms with van der Waals surface area (Å²) in [6, 6.07) is 13.7. The molecule has 3 aromatic heterocycles. The minimum absolute atomic E-state index is 0.00715. The highest BCUT2D eigenvalue weighted by atomic mass is 19.1. The predicted octanol–water partition coefficient (Wildman–Crippen LogP) is 4.82. The van der Waals surface area contributed by atoms with Gasteiger partial charge in [-0.1, -0.05) is 30.3 Å². The van der Waals surface area contributed by atoms with Gasteiger partial charge in [0, 0.05) is 48.5 Å². The number of amides is 1. The number of nitrogens with one attached hydrogen (secondary N) is 1. The summed E-state index contributed by atoms with van der Waals surface area (Å²) >= 11 is 0. The lowest BCUT2D eigenvalue weighted by Crippen LogP contribution is -2.05. The molecule has 0 bridgehead atoms. The Bertz CT molecular complexity index is 1680. The van der Waals surface area contributed by atoms with Crippen LogP contribution < -0.4 is 15.8 Å². The summed E-state index contributed by atoms with van der Waals surface area (Å²) in [6.07, 6.45) is 9.53. The van der Waals surface area contributed by atoms with Crippen molar-refractivity contribution >= 4 is 23.6 Å². The number of anilines is 2. The molecule has 2 aromatic carbocycles. The summed E-state index contributed by atoms with van der Waals surface area (Å²) in [4.78, 5) is 28.4. The number of nitrogens with two attached hydrogens (primary N) is 1. The second-order valence-corrected chi connectivity index (χ2v) is 8.57. The Hall–Kier alpha value is -5.45. The Balaban J connectivity index is 1.52. The quantitative estimate of drug-likeness (QED) is 0.277. The zero-order valence-corrected chi connectivity index (χ0v) is 21.0. The molecule has 5 rings (SSSR count). The van der Waals surface area contributed by atoms with Gasteiger partial charge in [-0.2, -0.15) is 5.10 Å². The number of carbonyl (C=O) groups is 1. The van der Waals surface area contributed by atoms with E-state index in [1.165, 1.54) is 18.2 Å². The van der Waals surface area contributed by atoms with Crippen LogP contribution >= 0.6 is 0 Å². The first-order chi connectivity index (χ1) is 18.8. The zero-order valence-electron chi connectivity index (χ0n) is 21.0. The third-order valence-corrected chi connectivity index (χ3v) is 5.59. The highest BCUT2D eigenvalue weighted by Crippen LogP contribution is 2.34. The van der Waals surface area contributed by atoms with Gasteiger partial charge < -0.3 is 15.8 Å². The predicted molar refractivity (Wildman–Crippen MR) is 144 cm³/mol. The molecule has 0 aliphatic carbocycles. The fourth-order valence-corrected chi connectivity index (χ4v) is 3.74. The first-order valence-corrected chi connectivity index (χ1v) is 11.8. The number of hydrogen-bond acceptors (Lipinski definition) is 8. The number of aromatic nitrogens is 6. The molecule has 10 nitrogen and oxygen atoms in total. The lowest BCUT2D eigenvalue weighted by atomic mass is 9.99. The van der Waals surface area contributed by atoms with Gasteiger partial charge in [-0.05, 0) is 42.3 Å². The zero-order chi connectivity index (χ0) is 27.4. The van der Waals surface area contributed by atoms with E-state index in [1.54, 1.807) is 54.6 Å². The lowest BCUT2D eigenvalue weighted by molar-refractivity contribution is -0.113. The van der Waals surface area contributed by atoms with Gasteiger partial charge >= 0.3 is 6.01 Å². The van der Waals surface area contributed by atoms with Gasteiger partial charge in [0.05, 0.1) is 17.6 Å². The first kappa shape index (κ1) is 25.2. The molecular weight excluding hydrogens is 499 g/mol. The van der Waals surface area contributed by atoms with Gasteiger partial charge in [-0.25, -0.2) is 24.3 Å². The van der Waals surface area contributed by atoms with Crippen molar-refractivity contribution in [1.29, 1.82) is 0 Å². The second kappa shape index (κ2) is 10.9. The summed E-state index contributed by atoms with van der Waals surface area (Å²) in [5.41, 5.74) is 9.87. The van der Waals surface area contributed by atoms with Crippen LogP contribution in [-0.4, -0.2) is 35.6 Å². The molecule has 0 radical (unpaired) electrons. The summed E-state index contributed by atoms with van der Waals surface area (Å²) < 4.78 is 22.3. The number of aryl methyl sites for hydroxylation is 2. The molecule has 0 saturated heterocycles. The maximum atomic E-state index is 15.1. The number of nitrogens with zero attached hydrogens (tertiary/aromatic N) is 6. The van der Waals surface area contributed by atoms with Crippen molar-refractivity contribution in [1.82, 2.24) is 29.7 Å². The Kier molecular flexibility index (Phi) is 7.04. The van der Waals surface area contributed by atoms with Crippen molar-refractivity contribution in [2.75, 3.05) is 5.32 Å². The Labute approximate surface area is 223 Å². The molecule has 11 heteroatoms. The van der Waals surface area contributed by atoms with E-state index in [4.69, 9.17) is 15.5 Å². The van der Waals surface area contributed by atoms with Crippen molar-refractivity contribution < 1.29 is 13.9 Å². The molecule has 0 unspecified atom stereocenters. The smallest absolute Gasteiger partial charge is 0.322 e. The van der Waals surface area contributed by atoms with Crippen LogP contribution in [0.5, 0.6) is 11.8 Å². The number of primary amides is 1. The van der Waals surface area contributed by atoms with Gasteiger partial charge in [0.25, 0.3) is 0 Å². The molecule has 194 valence electrons. The molecular formula is C28H23FN8O2. The summed E-state index contributed by atoms with van der Waals surface area (Å²) in [6.45, 7) is 1.79. The maximum Gasteiger partial charge on any atom is 0.322 e. The van der Waals surface area contributed by atoms with E-state index in [9.17, 15) is 4.79 Å². The number of carbonyl (C=O) groups excluding carboxylic acids is 1. The first-order valence-electron chi connectivity index (χ1n) is 11.8. The van der Waals surface area contributed by atoms with Crippen LogP contribution in [0.15, 0.2) is 79.4 Å². The van der Waals surface area contributed by atoms with E-state index in [-0.39, 0.29) is 11.8 Å².